The normalized spacial score (nSPS) is 28.8. The molecule has 1 saturated heterocycles. The number of oxime groups is 1. The summed E-state index contributed by atoms with van der Waals surface area (Å²) < 4.78 is 5.41. The molecule has 58 valence electrons. The topological polar surface area (TPSA) is 41.8 Å². The average Bonchev–Trinajstić information content (AvgIpc) is 1.86. The number of ether oxygens (including phenoxy) is 1. The molecule has 1 fully saturated rings. The van der Waals surface area contributed by atoms with Crippen molar-refractivity contribution in [2.75, 3.05) is 6.61 Å². The van der Waals surface area contributed by atoms with Crippen molar-refractivity contribution in [2.45, 2.75) is 32.3 Å². The predicted molar refractivity (Wildman–Crippen MR) is 38.5 cm³/mol. The first-order chi connectivity index (χ1) is 4.64. The Morgan fingerprint density at radius 2 is 2.30 bits per heavy atom. The van der Waals surface area contributed by atoms with Crippen LogP contribution in [0.15, 0.2) is 5.16 Å². The largest absolute Gasteiger partial charge is 0.411 e. The lowest BCUT2D eigenvalue weighted by Gasteiger charge is -2.29. The van der Waals surface area contributed by atoms with E-state index in [0.29, 0.717) is 6.61 Å². The molecule has 0 aromatic carbocycles. The molecule has 0 unspecified atom stereocenters. The quantitative estimate of drug-likeness (QED) is 0.411. The summed E-state index contributed by atoms with van der Waals surface area (Å²) in [6.07, 6.45) is 1.50. The minimum atomic E-state index is -0.139. The Morgan fingerprint density at radius 1 is 1.60 bits per heavy atom. The monoisotopic (exact) mass is 143 g/mol. The van der Waals surface area contributed by atoms with Gasteiger partial charge in [0.2, 0.25) is 0 Å². The third-order valence-corrected chi connectivity index (χ3v) is 1.65. The first-order valence-corrected chi connectivity index (χ1v) is 3.48. The summed E-state index contributed by atoms with van der Waals surface area (Å²) in [5, 5.41) is 11.6. The summed E-state index contributed by atoms with van der Waals surface area (Å²) in [5.74, 6) is 0. The lowest BCUT2D eigenvalue weighted by Crippen LogP contribution is -2.34. The summed E-state index contributed by atoms with van der Waals surface area (Å²) in [4.78, 5) is 0. The van der Waals surface area contributed by atoms with Crippen molar-refractivity contribution < 1.29 is 9.94 Å². The Bertz CT molecular complexity index is 152. The maximum atomic E-state index is 8.46. The van der Waals surface area contributed by atoms with Gasteiger partial charge in [-0.25, -0.2) is 0 Å². The highest BCUT2D eigenvalue weighted by Gasteiger charge is 2.25. The van der Waals surface area contributed by atoms with E-state index in [2.05, 4.69) is 5.16 Å². The van der Waals surface area contributed by atoms with Crippen molar-refractivity contribution in [3.8, 4) is 0 Å². The van der Waals surface area contributed by atoms with Crippen molar-refractivity contribution >= 4 is 5.71 Å². The van der Waals surface area contributed by atoms with Crippen LogP contribution >= 0.6 is 0 Å². The zero-order valence-electron chi connectivity index (χ0n) is 6.42. The van der Waals surface area contributed by atoms with Gasteiger partial charge in [0.25, 0.3) is 0 Å². The minimum absolute atomic E-state index is 0.139. The zero-order valence-corrected chi connectivity index (χ0v) is 6.42. The van der Waals surface area contributed by atoms with Crippen molar-refractivity contribution in [3.05, 3.63) is 0 Å². The molecule has 0 radical (unpaired) electrons. The van der Waals surface area contributed by atoms with Crippen LogP contribution in [0.2, 0.25) is 0 Å². The van der Waals surface area contributed by atoms with Crippen LogP contribution in [-0.4, -0.2) is 23.1 Å². The van der Waals surface area contributed by atoms with Crippen molar-refractivity contribution in [3.63, 3.8) is 0 Å². The van der Waals surface area contributed by atoms with E-state index < -0.39 is 0 Å². The second kappa shape index (κ2) is 2.58. The Labute approximate surface area is 60.7 Å². The van der Waals surface area contributed by atoms with E-state index in [1.165, 1.54) is 0 Å². The SMILES string of the molecule is CC1(C)C/C(=N/O)CCO1. The summed E-state index contributed by atoms with van der Waals surface area (Å²) >= 11 is 0. The molecule has 1 N–H and O–H groups in total. The van der Waals surface area contributed by atoms with E-state index in [4.69, 9.17) is 9.94 Å². The highest BCUT2D eigenvalue weighted by Crippen LogP contribution is 2.21. The third-order valence-electron chi connectivity index (χ3n) is 1.65. The summed E-state index contributed by atoms with van der Waals surface area (Å²) in [5.41, 5.74) is 0.705. The molecule has 0 aromatic heterocycles. The Hall–Kier alpha value is -0.570. The van der Waals surface area contributed by atoms with Gasteiger partial charge >= 0.3 is 0 Å². The number of hydrogen-bond acceptors (Lipinski definition) is 3. The molecule has 10 heavy (non-hydrogen) atoms. The fraction of sp³-hybridized carbons (Fsp3) is 0.857. The standard InChI is InChI=1S/C7H13NO2/c1-7(2)5-6(8-9)3-4-10-7/h9H,3-5H2,1-2H3/b8-6+. The van der Waals surface area contributed by atoms with Gasteiger partial charge in [-0.15, -0.1) is 0 Å². The van der Waals surface area contributed by atoms with E-state index in [9.17, 15) is 0 Å². The molecule has 0 amide bonds. The van der Waals surface area contributed by atoms with Crippen molar-refractivity contribution in [2.24, 2.45) is 5.16 Å². The van der Waals surface area contributed by atoms with Gasteiger partial charge in [-0.3, -0.25) is 0 Å². The van der Waals surface area contributed by atoms with Crippen molar-refractivity contribution in [1.29, 1.82) is 0 Å². The molecule has 3 heteroatoms. The van der Waals surface area contributed by atoms with E-state index in [1.54, 1.807) is 0 Å². The minimum Gasteiger partial charge on any atom is -0.411 e. The van der Waals surface area contributed by atoms with E-state index in [0.717, 1.165) is 18.6 Å². The van der Waals surface area contributed by atoms with Crippen LogP contribution in [0.3, 0.4) is 0 Å². The van der Waals surface area contributed by atoms with Gasteiger partial charge < -0.3 is 9.94 Å². The van der Waals surface area contributed by atoms with Gasteiger partial charge in [-0.1, -0.05) is 5.16 Å². The molecular formula is C7H13NO2. The Kier molecular flexibility index (Phi) is 1.94. The van der Waals surface area contributed by atoms with Gasteiger partial charge in [0.05, 0.1) is 17.9 Å². The second-order valence-corrected chi connectivity index (χ2v) is 3.20. The van der Waals surface area contributed by atoms with Crippen LogP contribution in [0, 0.1) is 0 Å². The first-order valence-electron chi connectivity index (χ1n) is 3.48. The summed E-state index contributed by atoms with van der Waals surface area (Å²) in [6, 6.07) is 0. The third kappa shape index (κ3) is 1.70. The second-order valence-electron chi connectivity index (χ2n) is 3.20. The molecule has 0 bridgehead atoms. The van der Waals surface area contributed by atoms with Gasteiger partial charge in [0, 0.05) is 12.8 Å². The van der Waals surface area contributed by atoms with Gasteiger partial charge in [0.1, 0.15) is 0 Å². The maximum absolute atomic E-state index is 8.46. The molecule has 0 atom stereocenters. The van der Waals surface area contributed by atoms with Gasteiger partial charge in [0.15, 0.2) is 0 Å². The maximum Gasteiger partial charge on any atom is 0.0679 e. The Morgan fingerprint density at radius 3 is 2.70 bits per heavy atom. The average molecular weight is 143 g/mol. The Balaban J connectivity index is 2.56. The van der Waals surface area contributed by atoms with Crippen LogP contribution in [-0.2, 0) is 4.74 Å². The van der Waals surface area contributed by atoms with Crippen molar-refractivity contribution in [1.82, 2.24) is 0 Å². The summed E-state index contributed by atoms with van der Waals surface area (Å²) in [7, 11) is 0. The van der Waals surface area contributed by atoms with Crippen LogP contribution in [0.5, 0.6) is 0 Å². The van der Waals surface area contributed by atoms with Crippen LogP contribution < -0.4 is 0 Å². The number of hydrogen-bond donors (Lipinski definition) is 1. The molecule has 1 heterocycles. The van der Waals surface area contributed by atoms with Crippen LogP contribution in [0.25, 0.3) is 0 Å². The molecule has 1 aliphatic rings. The molecule has 0 aromatic rings. The lowest BCUT2D eigenvalue weighted by molar-refractivity contribution is -0.0209. The molecular weight excluding hydrogens is 130 g/mol. The smallest absolute Gasteiger partial charge is 0.0679 e. The fourth-order valence-electron chi connectivity index (χ4n) is 1.16. The molecule has 3 nitrogen and oxygen atoms in total. The van der Waals surface area contributed by atoms with Crippen LogP contribution in [0.1, 0.15) is 26.7 Å². The molecule has 0 aliphatic carbocycles. The number of nitrogens with zero attached hydrogens (tertiary/aromatic N) is 1. The highest BCUT2D eigenvalue weighted by molar-refractivity contribution is 5.85. The molecule has 1 aliphatic heterocycles. The lowest BCUT2D eigenvalue weighted by atomic mass is 9.97. The van der Waals surface area contributed by atoms with Crippen LogP contribution in [0.4, 0.5) is 0 Å². The van der Waals surface area contributed by atoms with Gasteiger partial charge in [-0.2, -0.15) is 0 Å². The molecule has 0 spiro atoms. The summed E-state index contributed by atoms with van der Waals surface area (Å²) in [6.45, 7) is 4.67. The number of rotatable bonds is 0. The van der Waals surface area contributed by atoms with E-state index in [1.807, 2.05) is 13.8 Å². The predicted octanol–water partition coefficient (Wildman–Crippen LogP) is 1.41. The first kappa shape index (κ1) is 7.54. The molecule has 1 rings (SSSR count). The van der Waals surface area contributed by atoms with Gasteiger partial charge in [-0.05, 0) is 13.8 Å². The zero-order chi connectivity index (χ0) is 7.61. The highest BCUT2D eigenvalue weighted by atomic mass is 16.5. The van der Waals surface area contributed by atoms with E-state index >= 15 is 0 Å². The fourth-order valence-corrected chi connectivity index (χ4v) is 1.16. The van der Waals surface area contributed by atoms with E-state index in [-0.39, 0.29) is 5.60 Å². The molecule has 0 saturated carbocycles.